The minimum Gasteiger partial charge on any atom is -0.468 e. The Hall–Kier alpha value is -1.41. The van der Waals surface area contributed by atoms with Crippen LogP contribution in [-0.2, 0) is 14.4 Å². The minimum absolute atomic E-state index is 0.0382. The number of hydrogen-bond acceptors (Lipinski definition) is 4. The second-order valence-electron chi connectivity index (χ2n) is 8.07. The van der Waals surface area contributed by atoms with Crippen LogP contribution in [0.1, 0.15) is 38.1 Å². The van der Waals surface area contributed by atoms with Crippen molar-refractivity contribution >= 4 is 18.3 Å². The maximum Gasteiger partial charge on any atom is 0.241 e. The van der Waals surface area contributed by atoms with E-state index in [4.69, 9.17) is 8.84 Å². The zero-order valence-electron chi connectivity index (χ0n) is 16.4. The summed E-state index contributed by atoms with van der Waals surface area (Å²) in [4.78, 5) is 0.229. The molecule has 0 amide bonds. The summed E-state index contributed by atoms with van der Waals surface area (Å²) in [5.41, 5.74) is 1.01. The van der Waals surface area contributed by atoms with Gasteiger partial charge in [0.25, 0.3) is 0 Å². The Morgan fingerprint density at radius 2 is 1.77 bits per heavy atom. The lowest BCUT2D eigenvalue weighted by atomic mass is 10.2. The Kier molecular flexibility index (Phi) is 6.17. The Bertz CT molecular complexity index is 806. The van der Waals surface area contributed by atoms with E-state index in [9.17, 15) is 8.42 Å². The molecule has 0 aliphatic carbocycles. The van der Waals surface area contributed by atoms with E-state index in [2.05, 4.69) is 38.6 Å². The molecule has 144 valence electrons. The van der Waals surface area contributed by atoms with Crippen molar-refractivity contribution in [1.82, 2.24) is 4.72 Å². The van der Waals surface area contributed by atoms with Crippen LogP contribution in [0.25, 0.3) is 0 Å². The SMILES string of the molecule is Cc1ccc(S(=O)(=O)N[C@@H](CO[Si](C)(C)C(C)(C)C)c2ccco2)cc1. The first kappa shape index (κ1) is 20.9. The molecule has 0 radical (unpaired) electrons. The predicted octanol–water partition coefficient (Wildman–Crippen LogP) is 4.63. The zero-order chi connectivity index (χ0) is 19.6. The Morgan fingerprint density at radius 1 is 1.15 bits per heavy atom. The fourth-order valence-electron chi connectivity index (χ4n) is 2.14. The van der Waals surface area contributed by atoms with Crippen LogP contribution in [0, 0.1) is 6.92 Å². The van der Waals surface area contributed by atoms with Gasteiger partial charge < -0.3 is 8.84 Å². The monoisotopic (exact) mass is 395 g/mol. The number of benzene rings is 1. The summed E-state index contributed by atoms with van der Waals surface area (Å²) in [6.07, 6.45) is 1.54. The van der Waals surface area contributed by atoms with Crippen LogP contribution >= 0.6 is 0 Å². The second kappa shape index (κ2) is 7.68. The summed E-state index contributed by atoms with van der Waals surface area (Å²) in [5, 5.41) is 0.0382. The van der Waals surface area contributed by atoms with Crippen LogP contribution < -0.4 is 4.72 Å². The molecule has 26 heavy (non-hydrogen) atoms. The summed E-state index contributed by atoms with van der Waals surface area (Å²) in [6, 6.07) is 9.69. The molecule has 7 heteroatoms. The van der Waals surface area contributed by atoms with E-state index in [0.29, 0.717) is 5.76 Å². The van der Waals surface area contributed by atoms with Crippen molar-refractivity contribution in [2.24, 2.45) is 0 Å². The van der Waals surface area contributed by atoms with Gasteiger partial charge >= 0.3 is 0 Å². The van der Waals surface area contributed by atoms with E-state index in [0.717, 1.165) is 5.56 Å². The second-order valence-corrected chi connectivity index (χ2v) is 14.6. The van der Waals surface area contributed by atoms with E-state index >= 15 is 0 Å². The van der Waals surface area contributed by atoms with E-state index in [1.54, 1.807) is 36.4 Å². The third kappa shape index (κ3) is 5.06. The average Bonchev–Trinajstić information content (AvgIpc) is 3.05. The minimum atomic E-state index is -3.68. The molecule has 2 rings (SSSR count). The van der Waals surface area contributed by atoms with Crippen molar-refractivity contribution in [2.75, 3.05) is 6.61 Å². The third-order valence-corrected chi connectivity index (χ3v) is 10.9. The molecule has 2 aromatic rings. The van der Waals surface area contributed by atoms with Crippen LogP contribution in [0.4, 0.5) is 0 Å². The van der Waals surface area contributed by atoms with E-state index in [-0.39, 0.29) is 16.5 Å². The van der Waals surface area contributed by atoms with Crippen LogP contribution in [0.3, 0.4) is 0 Å². The molecule has 0 saturated heterocycles. The van der Waals surface area contributed by atoms with Gasteiger partial charge in [0.05, 0.1) is 17.8 Å². The van der Waals surface area contributed by atoms with Crippen LogP contribution in [0.2, 0.25) is 18.1 Å². The summed E-state index contributed by atoms with van der Waals surface area (Å²) in [7, 11) is -5.70. The van der Waals surface area contributed by atoms with Gasteiger partial charge in [0.2, 0.25) is 10.0 Å². The molecule has 1 aromatic heterocycles. The third-order valence-electron chi connectivity index (χ3n) is 4.93. The topological polar surface area (TPSA) is 68.5 Å². The first-order valence-corrected chi connectivity index (χ1v) is 13.1. The number of aryl methyl sites for hydroxylation is 1. The number of rotatable bonds is 7. The molecule has 0 aliphatic rings. The van der Waals surface area contributed by atoms with E-state index < -0.39 is 24.4 Å². The van der Waals surface area contributed by atoms with Gasteiger partial charge in [-0.05, 0) is 49.3 Å². The number of furan rings is 1. The highest BCUT2D eigenvalue weighted by atomic mass is 32.2. The molecule has 1 heterocycles. The molecule has 1 atom stereocenters. The maximum atomic E-state index is 12.8. The zero-order valence-corrected chi connectivity index (χ0v) is 18.2. The Labute approximate surface area is 157 Å². The highest BCUT2D eigenvalue weighted by Crippen LogP contribution is 2.37. The molecule has 0 spiro atoms. The highest BCUT2D eigenvalue weighted by molar-refractivity contribution is 7.89. The predicted molar refractivity (Wildman–Crippen MR) is 106 cm³/mol. The number of sulfonamides is 1. The van der Waals surface area contributed by atoms with Gasteiger partial charge in [-0.1, -0.05) is 38.5 Å². The van der Waals surface area contributed by atoms with Crippen LogP contribution in [0.15, 0.2) is 52.0 Å². The Balaban J connectivity index is 2.22. The fourth-order valence-corrected chi connectivity index (χ4v) is 4.35. The number of nitrogens with one attached hydrogen (secondary N) is 1. The molecule has 0 aliphatic heterocycles. The lowest BCUT2D eigenvalue weighted by Gasteiger charge is -2.37. The molecule has 1 aromatic carbocycles. The fraction of sp³-hybridized carbons (Fsp3) is 0.474. The van der Waals surface area contributed by atoms with Gasteiger partial charge in [-0.2, -0.15) is 4.72 Å². The van der Waals surface area contributed by atoms with Crippen molar-refractivity contribution in [2.45, 2.75) is 56.8 Å². The van der Waals surface area contributed by atoms with E-state index in [1.165, 1.54) is 6.26 Å². The largest absolute Gasteiger partial charge is 0.468 e. The lowest BCUT2D eigenvalue weighted by molar-refractivity contribution is 0.241. The number of hydrogen-bond donors (Lipinski definition) is 1. The molecule has 0 unspecified atom stereocenters. The van der Waals surface area contributed by atoms with Crippen molar-refractivity contribution in [3.8, 4) is 0 Å². The van der Waals surface area contributed by atoms with Crippen LogP contribution in [-0.4, -0.2) is 23.3 Å². The summed E-state index contributed by atoms with van der Waals surface area (Å²) < 4.78 is 40.0. The highest BCUT2D eigenvalue weighted by Gasteiger charge is 2.38. The molecule has 0 saturated carbocycles. The molecule has 5 nitrogen and oxygen atoms in total. The van der Waals surface area contributed by atoms with E-state index in [1.807, 2.05) is 6.92 Å². The van der Waals surface area contributed by atoms with Gasteiger partial charge in [0.1, 0.15) is 11.8 Å². The maximum absolute atomic E-state index is 12.8. The quantitative estimate of drug-likeness (QED) is 0.694. The van der Waals surface area contributed by atoms with Crippen molar-refractivity contribution in [3.63, 3.8) is 0 Å². The van der Waals surface area contributed by atoms with Crippen molar-refractivity contribution in [3.05, 3.63) is 54.0 Å². The van der Waals surface area contributed by atoms with Crippen molar-refractivity contribution < 1.29 is 17.3 Å². The summed E-state index contributed by atoms with van der Waals surface area (Å²) in [6.45, 7) is 12.9. The van der Waals surface area contributed by atoms with Gasteiger partial charge in [0, 0.05) is 0 Å². The normalized spacial score (nSPS) is 14.4. The van der Waals surface area contributed by atoms with Crippen LogP contribution in [0.5, 0.6) is 0 Å². The molecular formula is C19H29NO4SSi. The molecule has 1 N–H and O–H groups in total. The molecular weight excluding hydrogens is 366 g/mol. The van der Waals surface area contributed by atoms with Crippen molar-refractivity contribution in [1.29, 1.82) is 0 Å². The summed E-state index contributed by atoms with van der Waals surface area (Å²) >= 11 is 0. The lowest BCUT2D eigenvalue weighted by Crippen LogP contribution is -2.43. The first-order chi connectivity index (χ1) is 11.9. The van der Waals surface area contributed by atoms with Gasteiger partial charge in [0.15, 0.2) is 8.32 Å². The summed E-state index contributed by atoms with van der Waals surface area (Å²) in [5.74, 6) is 0.541. The first-order valence-electron chi connectivity index (χ1n) is 8.69. The van der Waals surface area contributed by atoms with Gasteiger partial charge in [-0.25, -0.2) is 8.42 Å². The molecule has 0 bridgehead atoms. The van der Waals surface area contributed by atoms with Gasteiger partial charge in [-0.15, -0.1) is 0 Å². The van der Waals surface area contributed by atoms with Gasteiger partial charge in [-0.3, -0.25) is 0 Å². The Morgan fingerprint density at radius 3 is 2.27 bits per heavy atom. The average molecular weight is 396 g/mol. The smallest absolute Gasteiger partial charge is 0.241 e. The molecule has 0 fully saturated rings. The standard InChI is InChI=1S/C19H29NO4SSi/c1-15-9-11-16(12-10-15)25(21,22)20-17(18-8-7-13-23-18)14-24-26(5,6)19(2,3)4/h7-13,17,20H,14H2,1-6H3/t17-/m0/s1.